The molecule has 0 bridgehead atoms. The zero-order valence-corrected chi connectivity index (χ0v) is 18.7. The van der Waals surface area contributed by atoms with Crippen molar-refractivity contribution in [2.75, 3.05) is 32.7 Å². The van der Waals surface area contributed by atoms with Gasteiger partial charge in [0.05, 0.1) is 5.69 Å². The SMILES string of the molecule is Cc1cc(-c2csc(C[NH+]3CC[NH+](CC(=O)NC(C)(C)C)CC3)n2)c(C)s1. The third-order valence-corrected chi connectivity index (χ3v) is 6.67. The molecule has 0 atom stereocenters. The number of nitrogens with one attached hydrogen (secondary N) is 3. The van der Waals surface area contributed by atoms with Crippen LogP contribution in [0.5, 0.6) is 0 Å². The summed E-state index contributed by atoms with van der Waals surface area (Å²) in [6.07, 6.45) is 0. The number of quaternary nitrogens is 2. The first-order chi connectivity index (χ1) is 12.7. The molecule has 3 heterocycles. The predicted octanol–water partition coefficient (Wildman–Crippen LogP) is 0.687. The molecular formula is C20H32N4OS2+2. The number of rotatable bonds is 5. The van der Waals surface area contributed by atoms with Crippen LogP contribution < -0.4 is 15.1 Å². The molecule has 2 aromatic heterocycles. The summed E-state index contributed by atoms with van der Waals surface area (Å²) in [5, 5.41) is 6.48. The molecule has 148 valence electrons. The zero-order chi connectivity index (χ0) is 19.6. The van der Waals surface area contributed by atoms with Gasteiger partial charge in [0.1, 0.15) is 37.7 Å². The van der Waals surface area contributed by atoms with Gasteiger partial charge < -0.3 is 15.1 Å². The van der Waals surface area contributed by atoms with Crippen LogP contribution in [0.25, 0.3) is 11.3 Å². The fourth-order valence-electron chi connectivity index (χ4n) is 3.61. The molecule has 7 heteroatoms. The van der Waals surface area contributed by atoms with Crippen molar-refractivity contribution in [2.45, 2.75) is 46.7 Å². The van der Waals surface area contributed by atoms with E-state index in [-0.39, 0.29) is 11.4 Å². The topological polar surface area (TPSA) is 50.9 Å². The first kappa shape index (κ1) is 20.5. The van der Waals surface area contributed by atoms with Crippen molar-refractivity contribution < 1.29 is 14.6 Å². The lowest BCUT2D eigenvalue weighted by Gasteiger charge is -2.29. The van der Waals surface area contributed by atoms with Gasteiger partial charge in [-0.2, -0.15) is 0 Å². The molecule has 3 N–H and O–H groups in total. The van der Waals surface area contributed by atoms with E-state index in [2.05, 4.69) is 30.6 Å². The lowest BCUT2D eigenvalue weighted by Crippen LogP contribution is -3.28. The molecule has 1 aliphatic heterocycles. The summed E-state index contributed by atoms with van der Waals surface area (Å²) in [6.45, 7) is 16.3. The highest BCUT2D eigenvalue weighted by atomic mass is 32.1. The fourth-order valence-corrected chi connectivity index (χ4v) is 5.41. The van der Waals surface area contributed by atoms with Gasteiger partial charge in [-0.1, -0.05) is 0 Å². The van der Waals surface area contributed by atoms with Gasteiger partial charge in [0.15, 0.2) is 6.54 Å². The maximum absolute atomic E-state index is 12.1. The minimum atomic E-state index is -0.147. The first-order valence-corrected chi connectivity index (χ1v) is 11.4. The Hall–Kier alpha value is -1.28. The largest absolute Gasteiger partial charge is 0.347 e. The average molecular weight is 409 g/mol. The van der Waals surface area contributed by atoms with Crippen molar-refractivity contribution >= 4 is 28.6 Å². The Balaban J connectivity index is 1.48. The van der Waals surface area contributed by atoms with Gasteiger partial charge in [-0.15, -0.1) is 22.7 Å². The van der Waals surface area contributed by atoms with Crippen LogP contribution in [0, 0.1) is 13.8 Å². The molecule has 27 heavy (non-hydrogen) atoms. The molecule has 0 radical (unpaired) electrons. The van der Waals surface area contributed by atoms with Gasteiger partial charge in [-0.05, 0) is 40.7 Å². The highest BCUT2D eigenvalue weighted by molar-refractivity contribution is 7.12. The summed E-state index contributed by atoms with van der Waals surface area (Å²) < 4.78 is 0. The highest BCUT2D eigenvalue weighted by Gasteiger charge is 2.26. The molecule has 2 aromatic rings. The summed E-state index contributed by atoms with van der Waals surface area (Å²) >= 11 is 3.62. The van der Waals surface area contributed by atoms with E-state index >= 15 is 0 Å². The number of carbonyl (C=O) groups is 1. The Morgan fingerprint density at radius 1 is 1.19 bits per heavy atom. The third-order valence-electron chi connectivity index (χ3n) is 4.86. The van der Waals surface area contributed by atoms with Crippen molar-refractivity contribution in [3.63, 3.8) is 0 Å². The summed E-state index contributed by atoms with van der Waals surface area (Å²) in [6, 6.07) is 2.25. The summed E-state index contributed by atoms with van der Waals surface area (Å²) in [7, 11) is 0. The number of amides is 1. The molecular weight excluding hydrogens is 376 g/mol. The first-order valence-electron chi connectivity index (χ1n) is 9.69. The maximum Gasteiger partial charge on any atom is 0.275 e. The number of aryl methyl sites for hydroxylation is 2. The molecule has 1 fully saturated rings. The van der Waals surface area contributed by atoms with E-state index < -0.39 is 0 Å². The number of hydrogen-bond donors (Lipinski definition) is 3. The van der Waals surface area contributed by atoms with Crippen molar-refractivity contribution in [3.8, 4) is 11.3 Å². The van der Waals surface area contributed by atoms with E-state index in [0.717, 1.165) is 38.4 Å². The lowest BCUT2D eigenvalue weighted by atomic mass is 10.1. The van der Waals surface area contributed by atoms with E-state index in [4.69, 9.17) is 4.98 Å². The lowest BCUT2D eigenvalue weighted by molar-refractivity contribution is -1.02. The Labute approximate surface area is 170 Å². The zero-order valence-electron chi connectivity index (χ0n) is 17.1. The number of piperazine rings is 1. The van der Waals surface area contributed by atoms with Gasteiger partial charge in [0, 0.05) is 26.2 Å². The van der Waals surface area contributed by atoms with E-state index in [1.165, 1.54) is 25.2 Å². The molecule has 5 nitrogen and oxygen atoms in total. The van der Waals surface area contributed by atoms with Crippen molar-refractivity contribution in [2.24, 2.45) is 0 Å². The molecule has 0 aromatic carbocycles. The number of hydrogen-bond acceptors (Lipinski definition) is 4. The van der Waals surface area contributed by atoms with Crippen LogP contribution in [0.15, 0.2) is 11.4 Å². The second-order valence-electron chi connectivity index (χ2n) is 8.61. The van der Waals surface area contributed by atoms with Crippen LogP contribution in [0.2, 0.25) is 0 Å². The molecule has 1 saturated heterocycles. The highest BCUT2D eigenvalue weighted by Crippen LogP contribution is 2.31. The van der Waals surface area contributed by atoms with Crippen molar-refractivity contribution in [1.29, 1.82) is 0 Å². The molecule has 1 amide bonds. The molecule has 0 spiro atoms. The fraction of sp³-hybridized carbons (Fsp3) is 0.600. The van der Waals surface area contributed by atoms with Crippen LogP contribution in [0.3, 0.4) is 0 Å². The summed E-state index contributed by atoms with van der Waals surface area (Å²) in [4.78, 5) is 22.7. The number of thiazole rings is 1. The molecule has 3 rings (SSSR count). The molecule has 0 aliphatic carbocycles. The van der Waals surface area contributed by atoms with Crippen LogP contribution >= 0.6 is 22.7 Å². The standard InChI is InChI=1S/C20H30N4OS2/c1-14-10-16(15(2)27-14)17-13-26-19(21-17)12-24-8-6-23(7-9-24)11-18(25)22-20(3,4)5/h10,13H,6-9,11-12H2,1-5H3,(H,22,25)/p+2. The molecule has 1 aliphatic rings. The Kier molecular flexibility index (Phi) is 6.35. The smallest absolute Gasteiger partial charge is 0.275 e. The molecule has 0 unspecified atom stereocenters. The second-order valence-corrected chi connectivity index (χ2v) is 11.0. The quantitative estimate of drug-likeness (QED) is 0.682. The van der Waals surface area contributed by atoms with Gasteiger partial charge in [-0.25, -0.2) is 4.98 Å². The van der Waals surface area contributed by atoms with Gasteiger partial charge in [-0.3, -0.25) is 4.79 Å². The third kappa shape index (κ3) is 5.85. The average Bonchev–Trinajstić information content (AvgIpc) is 3.13. The Morgan fingerprint density at radius 2 is 1.85 bits per heavy atom. The van der Waals surface area contributed by atoms with Crippen molar-refractivity contribution in [1.82, 2.24) is 10.3 Å². The van der Waals surface area contributed by atoms with E-state index in [1.54, 1.807) is 16.2 Å². The number of nitrogens with zero attached hydrogens (tertiary/aromatic N) is 1. The minimum absolute atomic E-state index is 0.147. The van der Waals surface area contributed by atoms with Crippen LogP contribution in [0.4, 0.5) is 0 Å². The van der Waals surface area contributed by atoms with Gasteiger partial charge in [0.2, 0.25) is 0 Å². The second kappa shape index (κ2) is 8.39. The van der Waals surface area contributed by atoms with Crippen LogP contribution in [-0.4, -0.2) is 49.2 Å². The van der Waals surface area contributed by atoms with E-state index in [0.29, 0.717) is 6.54 Å². The number of aromatic nitrogens is 1. The monoisotopic (exact) mass is 408 g/mol. The Bertz CT molecular complexity index is 782. The van der Waals surface area contributed by atoms with E-state index in [1.807, 2.05) is 32.1 Å². The van der Waals surface area contributed by atoms with Crippen molar-refractivity contribution in [3.05, 3.63) is 26.2 Å². The van der Waals surface area contributed by atoms with Crippen LogP contribution in [0.1, 0.15) is 35.5 Å². The summed E-state index contributed by atoms with van der Waals surface area (Å²) in [5.74, 6) is 0.159. The predicted molar refractivity (Wildman–Crippen MR) is 113 cm³/mol. The summed E-state index contributed by atoms with van der Waals surface area (Å²) in [5.41, 5.74) is 2.26. The van der Waals surface area contributed by atoms with Gasteiger partial charge in [0.25, 0.3) is 5.91 Å². The van der Waals surface area contributed by atoms with Crippen LogP contribution in [-0.2, 0) is 11.3 Å². The number of thiophene rings is 1. The molecule has 0 saturated carbocycles. The number of carbonyl (C=O) groups excluding carboxylic acids is 1. The van der Waals surface area contributed by atoms with Gasteiger partial charge >= 0.3 is 0 Å². The Morgan fingerprint density at radius 3 is 2.44 bits per heavy atom. The normalized spacial score (nSPS) is 20.6. The van der Waals surface area contributed by atoms with E-state index in [9.17, 15) is 4.79 Å². The maximum atomic E-state index is 12.1. The minimum Gasteiger partial charge on any atom is -0.347 e.